The maximum atomic E-state index is 12.6. The molecule has 0 spiro atoms. The third-order valence-corrected chi connectivity index (χ3v) is 6.67. The van der Waals surface area contributed by atoms with E-state index in [2.05, 4.69) is 10.5 Å². The van der Waals surface area contributed by atoms with Gasteiger partial charge in [-0.05, 0) is 48.0 Å². The second-order valence-corrected chi connectivity index (χ2v) is 9.88. The first-order valence-corrected chi connectivity index (χ1v) is 12.8. The molecule has 0 saturated carbocycles. The molecule has 0 radical (unpaired) electrons. The second kappa shape index (κ2) is 11.8. The van der Waals surface area contributed by atoms with E-state index in [0.29, 0.717) is 44.6 Å². The van der Waals surface area contributed by atoms with Crippen LogP contribution >= 0.6 is 11.6 Å². The lowest BCUT2D eigenvalue weighted by molar-refractivity contribution is 0.0955. The van der Waals surface area contributed by atoms with E-state index in [1.807, 2.05) is 0 Å². The molecular weight excluding hydrogens is 506 g/mol. The van der Waals surface area contributed by atoms with Crippen molar-refractivity contribution in [1.82, 2.24) is 5.43 Å². The molecule has 0 fully saturated rings. The molecule has 190 valence electrons. The van der Waals surface area contributed by atoms with Crippen LogP contribution < -0.4 is 23.9 Å². The molecule has 0 saturated heterocycles. The number of hydrazone groups is 1. The van der Waals surface area contributed by atoms with E-state index in [-0.39, 0.29) is 6.54 Å². The van der Waals surface area contributed by atoms with Gasteiger partial charge in [-0.2, -0.15) is 5.10 Å². The zero-order valence-electron chi connectivity index (χ0n) is 20.2. The number of methoxy groups -OCH3 is 3. The summed E-state index contributed by atoms with van der Waals surface area (Å²) in [5.41, 5.74) is 4.42. The second-order valence-electron chi connectivity index (χ2n) is 7.57. The zero-order chi connectivity index (χ0) is 26.3. The van der Waals surface area contributed by atoms with Crippen molar-refractivity contribution in [3.8, 4) is 17.2 Å². The highest BCUT2D eigenvalue weighted by Gasteiger charge is 2.19. The lowest BCUT2D eigenvalue weighted by atomic mass is 10.2. The molecule has 0 aliphatic carbocycles. The Hall–Kier alpha value is -3.76. The van der Waals surface area contributed by atoms with Crippen molar-refractivity contribution in [3.05, 3.63) is 82.4 Å². The molecule has 3 aromatic carbocycles. The average molecular weight is 532 g/mol. The van der Waals surface area contributed by atoms with Crippen LogP contribution in [0.1, 0.15) is 21.5 Å². The number of nitrogens with zero attached hydrogens (tertiary/aromatic N) is 2. The minimum Gasteiger partial charge on any atom is -0.493 e. The predicted octanol–water partition coefficient (Wildman–Crippen LogP) is 4.10. The Morgan fingerprint density at radius 3 is 2.14 bits per heavy atom. The van der Waals surface area contributed by atoms with Gasteiger partial charge < -0.3 is 14.2 Å². The minimum atomic E-state index is -3.61. The van der Waals surface area contributed by atoms with Crippen LogP contribution in [0.15, 0.2) is 65.8 Å². The summed E-state index contributed by atoms with van der Waals surface area (Å²) in [4.78, 5) is 12.6. The highest BCUT2D eigenvalue weighted by Crippen LogP contribution is 2.37. The Morgan fingerprint density at radius 2 is 1.61 bits per heavy atom. The Bertz CT molecular complexity index is 1340. The van der Waals surface area contributed by atoms with Crippen LogP contribution in [-0.2, 0) is 16.6 Å². The summed E-state index contributed by atoms with van der Waals surface area (Å²) in [5, 5.41) is 4.45. The molecule has 11 heteroatoms. The molecule has 0 atom stereocenters. The largest absolute Gasteiger partial charge is 0.493 e. The number of ether oxygens (including phenoxy) is 3. The number of hydrogen-bond donors (Lipinski definition) is 1. The summed E-state index contributed by atoms with van der Waals surface area (Å²) in [6.45, 7) is 0.0587. The lowest BCUT2D eigenvalue weighted by Crippen LogP contribution is -2.29. The van der Waals surface area contributed by atoms with Crippen LogP contribution in [-0.4, -0.2) is 48.1 Å². The number of sulfonamides is 1. The fourth-order valence-corrected chi connectivity index (χ4v) is 4.44. The molecule has 0 aliphatic rings. The molecular formula is C25H26ClN3O6S. The molecule has 0 aliphatic heterocycles. The van der Waals surface area contributed by atoms with Crippen LogP contribution in [0.25, 0.3) is 0 Å². The van der Waals surface area contributed by atoms with Crippen LogP contribution in [0.3, 0.4) is 0 Å². The maximum Gasteiger partial charge on any atom is 0.271 e. The third-order valence-electron chi connectivity index (χ3n) is 5.16. The molecule has 3 rings (SSSR count). The summed E-state index contributed by atoms with van der Waals surface area (Å²) >= 11 is 6.21. The van der Waals surface area contributed by atoms with Crippen molar-refractivity contribution in [2.45, 2.75) is 6.54 Å². The highest BCUT2D eigenvalue weighted by atomic mass is 35.5. The van der Waals surface area contributed by atoms with Gasteiger partial charge in [0.25, 0.3) is 5.91 Å². The smallest absolute Gasteiger partial charge is 0.271 e. The van der Waals surface area contributed by atoms with Gasteiger partial charge in [0.15, 0.2) is 11.5 Å². The van der Waals surface area contributed by atoms with Crippen molar-refractivity contribution in [2.24, 2.45) is 5.10 Å². The summed E-state index contributed by atoms with van der Waals surface area (Å²) < 4.78 is 42.0. The number of hydrogen-bond acceptors (Lipinski definition) is 7. The van der Waals surface area contributed by atoms with E-state index < -0.39 is 15.9 Å². The first kappa shape index (κ1) is 26.8. The number of halogens is 1. The number of amides is 1. The monoisotopic (exact) mass is 531 g/mol. The van der Waals surface area contributed by atoms with Crippen molar-refractivity contribution >= 4 is 39.4 Å². The average Bonchev–Trinajstić information content (AvgIpc) is 2.86. The Morgan fingerprint density at radius 1 is 1.00 bits per heavy atom. The van der Waals surface area contributed by atoms with Crippen LogP contribution in [0, 0.1) is 0 Å². The highest BCUT2D eigenvalue weighted by molar-refractivity contribution is 7.92. The fourth-order valence-electron chi connectivity index (χ4n) is 3.37. The summed E-state index contributed by atoms with van der Waals surface area (Å²) in [5.74, 6) is 0.876. The molecule has 9 nitrogen and oxygen atoms in total. The maximum absolute atomic E-state index is 12.6. The van der Waals surface area contributed by atoms with Crippen molar-refractivity contribution < 1.29 is 27.4 Å². The van der Waals surface area contributed by atoms with Crippen molar-refractivity contribution in [3.63, 3.8) is 0 Å². The number of rotatable bonds is 10. The van der Waals surface area contributed by atoms with Gasteiger partial charge >= 0.3 is 0 Å². The van der Waals surface area contributed by atoms with E-state index >= 15 is 0 Å². The Kier molecular flexibility index (Phi) is 8.78. The van der Waals surface area contributed by atoms with E-state index in [4.69, 9.17) is 25.8 Å². The molecule has 1 N–H and O–H groups in total. The molecule has 0 aromatic heterocycles. The SMILES string of the molecule is COc1cc(/C=N\NC(=O)c2ccc(N(Cc3ccccc3Cl)S(C)(=O)=O)cc2)cc(OC)c1OC. The van der Waals surface area contributed by atoms with Gasteiger partial charge in [-0.1, -0.05) is 29.8 Å². The first-order chi connectivity index (χ1) is 17.2. The number of carbonyl (C=O) groups is 1. The van der Waals surface area contributed by atoms with E-state index in [9.17, 15) is 13.2 Å². The summed E-state index contributed by atoms with van der Waals surface area (Å²) in [6.07, 6.45) is 2.55. The summed E-state index contributed by atoms with van der Waals surface area (Å²) in [7, 11) is 0.905. The van der Waals surface area contributed by atoms with Crippen molar-refractivity contribution in [1.29, 1.82) is 0 Å². The Labute approximate surface area is 215 Å². The standard InChI is InChI=1S/C25H26ClN3O6S/c1-33-22-13-17(14-23(34-2)24(22)35-3)15-27-28-25(30)18-9-11-20(12-10-18)29(36(4,31)32)16-19-7-5-6-8-21(19)26/h5-15H,16H2,1-4H3,(H,28,30)/b27-15-. The van der Waals surface area contributed by atoms with Crippen LogP contribution in [0.4, 0.5) is 5.69 Å². The summed E-state index contributed by atoms with van der Waals surface area (Å²) in [6, 6.07) is 16.5. The predicted molar refractivity (Wildman–Crippen MR) is 140 cm³/mol. The van der Waals surface area contributed by atoms with Gasteiger partial charge in [0.1, 0.15) is 0 Å². The first-order valence-electron chi connectivity index (χ1n) is 10.6. The number of anilines is 1. The van der Waals surface area contributed by atoms with Gasteiger partial charge in [0, 0.05) is 16.1 Å². The third kappa shape index (κ3) is 6.46. The molecule has 0 bridgehead atoms. The zero-order valence-corrected chi connectivity index (χ0v) is 21.8. The topological polar surface area (TPSA) is 107 Å². The van der Waals surface area contributed by atoms with Gasteiger partial charge in [-0.15, -0.1) is 0 Å². The van der Waals surface area contributed by atoms with Gasteiger partial charge in [0.2, 0.25) is 15.8 Å². The van der Waals surface area contributed by atoms with Gasteiger partial charge in [0.05, 0.1) is 46.0 Å². The van der Waals surface area contributed by atoms with Crippen molar-refractivity contribution in [2.75, 3.05) is 31.9 Å². The van der Waals surface area contributed by atoms with Gasteiger partial charge in [-0.25, -0.2) is 13.8 Å². The molecule has 1 amide bonds. The van der Waals surface area contributed by atoms with Crippen LogP contribution in [0.2, 0.25) is 5.02 Å². The number of benzene rings is 3. The molecule has 36 heavy (non-hydrogen) atoms. The van der Waals surface area contributed by atoms with Crippen LogP contribution in [0.5, 0.6) is 17.2 Å². The molecule has 3 aromatic rings. The van der Waals surface area contributed by atoms with Gasteiger partial charge in [-0.3, -0.25) is 9.10 Å². The van der Waals surface area contributed by atoms with E-state index in [1.54, 1.807) is 48.5 Å². The van der Waals surface area contributed by atoms with E-state index in [1.165, 1.54) is 44.0 Å². The minimum absolute atomic E-state index is 0.0587. The lowest BCUT2D eigenvalue weighted by Gasteiger charge is -2.23. The normalized spacial score (nSPS) is 11.2. The fraction of sp³-hybridized carbons (Fsp3) is 0.200. The number of carbonyl (C=O) groups excluding carboxylic acids is 1. The molecule has 0 heterocycles. The number of nitrogens with one attached hydrogen (secondary N) is 1. The Balaban J connectivity index is 1.74. The quantitative estimate of drug-likeness (QED) is 0.312. The van der Waals surface area contributed by atoms with E-state index in [0.717, 1.165) is 6.26 Å². The molecule has 0 unspecified atom stereocenters.